The minimum absolute atomic E-state index is 0.125. The lowest BCUT2D eigenvalue weighted by Gasteiger charge is -2.13. The molecule has 1 heterocycles. The number of hydrogen-bond donors (Lipinski definition) is 1. The summed E-state index contributed by atoms with van der Waals surface area (Å²) in [4.78, 5) is 24.8. The maximum atomic E-state index is 12.9. The second-order valence-electron chi connectivity index (χ2n) is 6.25. The van der Waals surface area contributed by atoms with Crippen molar-refractivity contribution < 1.29 is 23.1 Å². The SMILES string of the molecule is COc1ccc2c(C)c(CC(=O)NCc3ccc(F)cc3)c(=O)oc2c1OC. The van der Waals surface area contributed by atoms with Gasteiger partial charge in [0, 0.05) is 11.9 Å². The van der Waals surface area contributed by atoms with E-state index in [0.29, 0.717) is 22.4 Å². The summed E-state index contributed by atoms with van der Waals surface area (Å²) in [7, 11) is 2.96. The highest BCUT2D eigenvalue weighted by Gasteiger charge is 2.19. The van der Waals surface area contributed by atoms with Crippen LogP contribution >= 0.6 is 0 Å². The second-order valence-corrected chi connectivity index (χ2v) is 6.25. The number of fused-ring (bicyclic) bond motifs is 1. The van der Waals surface area contributed by atoms with E-state index < -0.39 is 5.63 Å². The Labute approximate surface area is 160 Å². The van der Waals surface area contributed by atoms with Crippen LogP contribution in [0.2, 0.25) is 0 Å². The van der Waals surface area contributed by atoms with Gasteiger partial charge in [-0.25, -0.2) is 9.18 Å². The summed E-state index contributed by atoms with van der Waals surface area (Å²) in [6.45, 7) is 2.00. The first-order chi connectivity index (χ1) is 13.4. The molecule has 0 fully saturated rings. The molecule has 146 valence electrons. The van der Waals surface area contributed by atoms with Crippen LogP contribution in [0.5, 0.6) is 11.5 Å². The molecular formula is C21H20FNO5. The molecule has 0 unspecified atom stereocenters. The van der Waals surface area contributed by atoms with Crippen LogP contribution in [0.3, 0.4) is 0 Å². The highest BCUT2D eigenvalue weighted by atomic mass is 19.1. The average molecular weight is 385 g/mol. The van der Waals surface area contributed by atoms with Crippen LogP contribution in [0.15, 0.2) is 45.6 Å². The molecule has 2 aromatic carbocycles. The van der Waals surface area contributed by atoms with E-state index in [9.17, 15) is 14.0 Å². The van der Waals surface area contributed by atoms with Gasteiger partial charge in [-0.3, -0.25) is 4.79 Å². The number of rotatable bonds is 6. The molecule has 1 N–H and O–H groups in total. The van der Waals surface area contributed by atoms with Gasteiger partial charge in [0.25, 0.3) is 0 Å². The molecule has 6 nitrogen and oxygen atoms in total. The predicted octanol–water partition coefficient (Wildman–Crippen LogP) is 3.12. The maximum absolute atomic E-state index is 12.9. The van der Waals surface area contributed by atoms with E-state index in [1.54, 1.807) is 31.2 Å². The van der Waals surface area contributed by atoms with E-state index in [1.165, 1.54) is 26.4 Å². The Morgan fingerprint density at radius 3 is 2.46 bits per heavy atom. The van der Waals surface area contributed by atoms with Crippen LogP contribution in [0.25, 0.3) is 11.0 Å². The number of halogens is 1. The van der Waals surface area contributed by atoms with Gasteiger partial charge in [0.1, 0.15) is 5.82 Å². The summed E-state index contributed by atoms with van der Waals surface area (Å²) in [5, 5.41) is 3.39. The predicted molar refractivity (Wildman–Crippen MR) is 102 cm³/mol. The first-order valence-electron chi connectivity index (χ1n) is 8.63. The van der Waals surface area contributed by atoms with Crippen molar-refractivity contribution in [3.63, 3.8) is 0 Å². The Bertz CT molecular complexity index is 1070. The Hall–Kier alpha value is -3.35. The largest absolute Gasteiger partial charge is 0.493 e. The summed E-state index contributed by atoms with van der Waals surface area (Å²) in [5.74, 6) is 0.0981. The number of ether oxygens (including phenoxy) is 2. The smallest absolute Gasteiger partial charge is 0.340 e. The van der Waals surface area contributed by atoms with E-state index in [0.717, 1.165) is 5.56 Å². The summed E-state index contributed by atoms with van der Waals surface area (Å²) in [6.07, 6.45) is -0.125. The zero-order valence-corrected chi connectivity index (χ0v) is 15.8. The average Bonchev–Trinajstić information content (AvgIpc) is 2.69. The summed E-state index contributed by atoms with van der Waals surface area (Å²) in [6, 6.07) is 9.30. The van der Waals surface area contributed by atoms with Crippen molar-refractivity contribution in [1.82, 2.24) is 5.32 Å². The summed E-state index contributed by atoms with van der Waals surface area (Å²) < 4.78 is 28.9. The number of hydrogen-bond acceptors (Lipinski definition) is 5. The van der Waals surface area contributed by atoms with E-state index in [-0.39, 0.29) is 35.8 Å². The monoisotopic (exact) mass is 385 g/mol. The van der Waals surface area contributed by atoms with Crippen LogP contribution in [0, 0.1) is 12.7 Å². The highest BCUT2D eigenvalue weighted by molar-refractivity contribution is 5.89. The Balaban J connectivity index is 1.85. The number of aryl methyl sites for hydroxylation is 1. The second kappa shape index (κ2) is 8.12. The quantitative estimate of drug-likeness (QED) is 0.660. The minimum Gasteiger partial charge on any atom is -0.493 e. The van der Waals surface area contributed by atoms with Crippen molar-refractivity contribution >= 4 is 16.9 Å². The molecule has 0 atom stereocenters. The van der Waals surface area contributed by atoms with Gasteiger partial charge in [0.2, 0.25) is 11.7 Å². The van der Waals surface area contributed by atoms with Gasteiger partial charge in [-0.05, 0) is 42.3 Å². The van der Waals surface area contributed by atoms with Crippen molar-refractivity contribution in [2.24, 2.45) is 0 Å². The maximum Gasteiger partial charge on any atom is 0.340 e. The molecule has 7 heteroatoms. The first-order valence-corrected chi connectivity index (χ1v) is 8.63. The Morgan fingerprint density at radius 2 is 1.82 bits per heavy atom. The fraction of sp³-hybridized carbons (Fsp3) is 0.238. The Morgan fingerprint density at radius 1 is 1.11 bits per heavy atom. The van der Waals surface area contributed by atoms with Gasteiger partial charge in [-0.1, -0.05) is 12.1 Å². The lowest BCUT2D eigenvalue weighted by atomic mass is 10.0. The first kappa shape index (κ1) is 19.4. The number of nitrogens with one attached hydrogen (secondary N) is 1. The highest BCUT2D eigenvalue weighted by Crippen LogP contribution is 2.36. The van der Waals surface area contributed by atoms with E-state index in [1.807, 2.05) is 0 Å². The molecule has 0 saturated carbocycles. The molecule has 1 aromatic heterocycles. The van der Waals surface area contributed by atoms with Crippen LogP contribution in [-0.2, 0) is 17.8 Å². The third-order valence-corrected chi connectivity index (χ3v) is 4.54. The molecule has 3 rings (SSSR count). The number of benzene rings is 2. The lowest BCUT2D eigenvalue weighted by molar-refractivity contribution is -0.120. The van der Waals surface area contributed by atoms with Crippen molar-refractivity contribution in [1.29, 1.82) is 0 Å². The standard InChI is InChI=1S/C21H20FNO5/c1-12-15-8-9-17(26-2)20(27-3)19(15)28-21(25)16(12)10-18(24)23-11-13-4-6-14(22)7-5-13/h4-9H,10-11H2,1-3H3,(H,23,24). The van der Waals surface area contributed by atoms with Gasteiger partial charge in [-0.15, -0.1) is 0 Å². The van der Waals surface area contributed by atoms with E-state index in [4.69, 9.17) is 13.9 Å². The minimum atomic E-state index is -0.603. The van der Waals surface area contributed by atoms with Crippen molar-refractivity contribution in [3.8, 4) is 11.5 Å². The number of carbonyl (C=O) groups is 1. The number of amides is 1. The molecule has 0 bridgehead atoms. The van der Waals surface area contributed by atoms with Gasteiger partial charge in [0.15, 0.2) is 11.3 Å². The molecule has 28 heavy (non-hydrogen) atoms. The van der Waals surface area contributed by atoms with Crippen LogP contribution < -0.4 is 20.4 Å². The van der Waals surface area contributed by atoms with Crippen molar-refractivity contribution in [2.75, 3.05) is 14.2 Å². The molecule has 0 saturated heterocycles. The molecule has 0 aliphatic carbocycles. The fourth-order valence-electron chi connectivity index (χ4n) is 3.00. The Kier molecular flexibility index (Phi) is 5.63. The van der Waals surface area contributed by atoms with Crippen LogP contribution in [0.1, 0.15) is 16.7 Å². The van der Waals surface area contributed by atoms with Crippen molar-refractivity contribution in [3.05, 3.63) is 69.3 Å². The van der Waals surface area contributed by atoms with Gasteiger partial charge < -0.3 is 19.2 Å². The molecular weight excluding hydrogens is 365 g/mol. The van der Waals surface area contributed by atoms with Crippen molar-refractivity contribution in [2.45, 2.75) is 19.9 Å². The molecule has 1 amide bonds. The van der Waals surface area contributed by atoms with Gasteiger partial charge >= 0.3 is 5.63 Å². The molecule has 0 spiro atoms. The molecule has 0 aliphatic rings. The number of methoxy groups -OCH3 is 2. The third kappa shape index (κ3) is 3.83. The van der Waals surface area contributed by atoms with Gasteiger partial charge in [0.05, 0.1) is 26.2 Å². The van der Waals surface area contributed by atoms with E-state index >= 15 is 0 Å². The third-order valence-electron chi connectivity index (χ3n) is 4.54. The molecule has 3 aromatic rings. The summed E-state index contributed by atoms with van der Waals surface area (Å²) >= 11 is 0. The zero-order chi connectivity index (χ0) is 20.3. The fourth-order valence-corrected chi connectivity index (χ4v) is 3.00. The van der Waals surface area contributed by atoms with Gasteiger partial charge in [-0.2, -0.15) is 0 Å². The number of carbonyl (C=O) groups excluding carboxylic acids is 1. The normalized spacial score (nSPS) is 10.7. The summed E-state index contributed by atoms with van der Waals surface area (Å²) in [5.41, 5.74) is 1.35. The molecule has 0 radical (unpaired) electrons. The lowest BCUT2D eigenvalue weighted by Crippen LogP contribution is -2.27. The zero-order valence-electron chi connectivity index (χ0n) is 15.8. The molecule has 0 aliphatic heterocycles. The van der Waals surface area contributed by atoms with Crippen LogP contribution in [-0.4, -0.2) is 20.1 Å². The topological polar surface area (TPSA) is 77.8 Å². The van der Waals surface area contributed by atoms with E-state index in [2.05, 4.69) is 5.32 Å². The van der Waals surface area contributed by atoms with Crippen LogP contribution in [0.4, 0.5) is 4.39 Å².